The van der Waals surface area contributed by atoms with E-state index < -0.39 is 0 Å². The van der Waals surface area contributed by atoms with E-state index in [1.165, 1.54) is 88.3 Å². The third-order valence-electron chi connectivity index (χ3n) is 20.0. The Labute approximate surface area is 571 Å². The summed E-state index contributed by atoms with van der Waals surface area (Å²) in [5.74, 6) is 1.38. The van der Waals surface area contributed by atoms with E-state index in [4.69, 9.17) is 19.9 Å². The Morgan fingerprint density at radius 2 is 0.663 bits per heavy atom. The first kappa shape index (κ1) is 59.4. The lowest BCUT2D eigenvalue weighted by molar-refractivity contribution is 0.661. The molecule has 0 amide bonds. The van der Waals surface area contributed by atoms with Crippen LogP contribution < -0.4 is 0 Å². The molecular formula is C92H66N6. The molecule has 0 N–H and O–H groups in total. The maximum atomic E-state index is 5.15. The van der Waals surface area contributed by atoms with Gasteiger partial charge in [0.1, 0.15) is 0 Å². The summed E-state index contributed by atoms with van der Waals surface area (Å²) in [6.45, 7) is 9.42. The molecule has 464 valence electrons. The molecule has 12 aromatic carbocycles. The molecule has 16 aromatic rings. The van der Waals surface area contributed by atoms with Crippen molar-refractivity contribution in [3.05, 3.63) is 350 Å². The molecular weight excluding hydrogens is 1190 g/mol. The van der Waals surface area contributed by atoms with Crippen molar-refractivity contribution < 1.29 is 0 Å². The summed E-state index contributed by atoms with van der Waals surface area (Å²) in [6, 6.07) is 108. The third-order valence-corrected chi connectivity index (χ3v) is 20.0. The Morgan fingerprint density at radius 1 is 0.235 bits per heavy atom. The van der Waals surface area contributed by atoms with Gasteiger partial charge < -0.3 is 0 Å². The van der Waals surface area contributed by atoms with E-state index in [0.29, 0.717) is 11.6 Å². The summed E-state index contributed by atoms with van der Waals surface area (Å²) in [5.41, 5.74) is 29.7. The molecule has 0 saturated carbocycles. The second-order valence-electron chi connectivity index (χ2n) is 26.6. The molecule has 0 radical (unpaired) electrons. The smallest absolute Gasteiger partial charge is 0.160 e. The Balaban J connectivity index is 0.000000147. The Bertz CT molecular complexity index is 5710. The average molecular weight is 1260 g/mol. The van der Waals surface area contributed by atoms with Crippen molar-refractivity contribution in [2.24, 2.45) is 0 Å². The quantitative estimate of drug-likeness (QED) is 0.136. The van der Waals surface area contributed by atoms with Gasteiger partial charge in [-0.05, 0) is 159 Å². The molecule has 2 aliphatic carbocycles. The minimum Gasteiger partial charge on any atom is -0.265 e. The van der Waals surface area contributed by atoms with Crippen LogP contribution in [0, 0.1) is 0 Å². The fraction of sp³-hybridized carbons (Fsp3) is 0.0652. The van der Waals surface area contributed by atoms with Gasteiger partial charge >= 0.3 is 0 Å². The van der Waals surface area contributed by atoms with Gasteiger partial charge in [0, 0.05) is 69.0 Å². The number of hydrogen-bond donors (Lipinski definition) is 0. The third kappa shape index (κ3) is 10.6. The van der Waals surface area contributed by atoms with Gasteiger partial charge in [0.25, 0.3) is 0 Å². The van der Waals surface area contributed by atoms with Crippen molar-refractivity contribution in [2.45, 2.75) is 38.5 Å². The number of hydrogen-bond acceptors (Lipinski definition) is 6. The lowest BCUT2D eigenvalue weighted by Crippen LogP contribution is -2.15. The summed E-state index contributed by atoms with van der Waals surface area (Å²) in [5, 5.41) is 5.20. The molecule has 98 heavy (non-hydrogen) atoms. The minimum atomic E-state index is -0.0979. The summed E-state index contributed by atoms with van der Waals surface area (Å²) in [6.07, 6.45) is 7.26. The van der Waals surface area contributed by atoms with Crippen molar-refractivity contribution in [1.29, 1.82) is 0 Å². The zero-order valence-corrected chi connectivity index (χ0v) is 54.9. The summed E-state index contributed by atoms with van der Waals surface area (Å²) in [7, 11) is 0. The van der Waals surface area contributed by atoms with Crippen molar-refractivity contribution in [3.63, 3.8) is 0 Å². The maximum Gasteiger partial charge on any atom is 0.160 e. The Morgan fingerprint density at radius 3 is 1.22 bits per heavy atom. The number of nitrogens with zero attached hydrogens (tertiary/aromatic N) is 6. The second-order valence-corrected chi connectivity index (χ2v) is 26.6. The molecule has 6 nitrogen and oxygen atoms in total. The molecule has 0 spiro atoms. The van der Waals surface area contributed by atoms with E-state index in [1.54, 1.807) is 6.20 Å². The number of pyridine rings is 2. The minimum absolute atomic E-state index is 0.0802. The first-order chi connectivity index (χ1) is 48.1. The molecule has 0 fully saturated rings. The maximum absolute atomic E-state index is 5.15. The zero-order valence-electron chi connectivity index (χ0n) is 54.9. The van der Waals surface area contributed by atoms with Crippen LogP contribution >= 0.6 is 0 Å². The van der Waals surface area contributed by atoms with Gasteiger partial charge in [-0.3, -0.25) is 9.97 Å². The van der Waals surface area contributed by atoms with Gasteiger partial charge in [-0.1, -0.05) is 282 Å². The first-order valence-corrected chi connectivity index (χ1v) is 33.5. The van der Waals surface area contributed by atoms with Gasteiger partial charge in [0.15, 0.2) is 11.6 Å². The van der Waals surface area contributed by atoms with Crippen molar-refractivity contribution >= 4 is 21.5 Å². The molecule has 0 unspecified atom stereocenters. The van der Waals surface area contributed by atoms with Crippen molar-refractivity contribution in [2.75, 3.05) is 0 Å². The summed E-state index contributed by atoms with van der Waals surface area (Å²) >= 11 is 0. The van der Waals surface area contributed by atoms with E-state index in [-0.39, 0.29) is 10.8 Å². The Hall–Kier alpha value is -12.4. The Kier molecular flexibility index (Phi) is 14.8. The molecule has 0 atom stereocenters. The second kappa shape index (κ2) is 24.4. The van der Waals surface area contributed by atoms with Crippen molar-refractivity contribution in [1.82, 2.24) is 29.9 Å². The summed E-state index contributed by atoms with van der Waals surface area (Å²) < 4.78 is 0. The fourth-order valence-electron chi connectivity index (χ4n) is 15.0. The molecule has 4 heterocycles. The van der Waals surface area contributed by atoms with Gasteiger partial charge in [-0.25, -0.2) is 19.9 Å². The van der Waals surface area contributed by atoms with E-state index >= 15 is 0 Å². The zero-order chi connectivity index (χ0) is 65.9. The highest BCUT2D eigenvalue weighted by Crippen LogP contribution is 2.56. The van der Waals surface area contributed by atoms with Gasteiger partial charge in [-0.2, -0.15) is 0 Å². The van der Waals surface area contributed by atoms with E-state index in [2.05, 4.69) is 305 Å². The lowest BCUT2D eigenvalue weighted by Gasteiger charge is -2.23. The van der Waals surface area contributed by atoms with Crippen LogP contribution in [0.15, 0.2) is 328 Å². The first-order valence-electron chi connectivity index (χ1n) is 33.5. The standard InChI is InChI=1S/2C46H33N3/c1-46(2)40-19-9-18-37(43(40)39-25-24-31-13-6-7-17-38(31)44(39)46)32-20-22-33(23-21-32)41-28-42(36-16-10-26-47-29-36)49-45(48-41)35-15-8-14-34(27-35)30-11-4-3-5-12-30;1-46(2)39-17-9-16-38(43(39)44-37-15-7-6-12-31(37)22-23-40(44)46)32-18-20-33(21-19-32)41-29-42(34-24-26-47-27-25-34)49-45(48-41)36-14-8-13-35(28-36)30-10-4-3-5-11-30/h2*3-29H,1-2H3. The van der Waals surface area contributed by atoms with Crippen LogP contribution in [0.4, 0.5) is 0 Å². The van der Waals surface area contributed by atoms with Crippen molar-refractivity contribution in [3.8, 4) is 135 Å². The van der Waals surface area contributed by atoms with Crippen LogP contribution in [-0.4, -0.2) is 29.9 Å². The highest BCUT2D eigenvalue weighted by atomic mass is 14.9. The number of rotatable bonds is 10. The normalized spacial score (nSPS) is 12.9. The molecule has 0 bridgehead atoms. The van der Waals surface area contributed by atoms with Crippen LogP contribution in [0.5, 0.6) is 0 Å². The highest BCUT2D eigenvalue weighted by molar-refractivity contribution is 6.07. The van der Waals surface area contributed by atoms with Gasteiger partial charge in [-0.15, -0.1) is 0 Å². The monoisotopic (exact) mass is 1250 g/mol. The number of fused-ring (bicyclic) bond motifs is 10. The molecule has 6 heteroatoms. The van der Waals surface area contributed by atoms with Crippen LogP contribution in [0.2, 0.25) is 0 Å². The highest BCUT2D eigenvalue weighted by Gasteiger charge is 2.39. The van der Waals surface area contributed by atoms with E-state index in [1.807, 2.05) is 55.0 Å². The summed E-state index contributed by atoms with van der Waals surface area (Å²) in [4.78, 5) is 29.0. The SMILES string of the molecule is CC1(C)c2cccc(-c3ccc(-c4cc(-c5cccnc5)nc(-c5cccc(-c6ccccc6)c5)n4)cc3)c2-c2ccc3ccccc3c21.CC1(C)c2cccc(-c3ccc(-c4cc(-c5ccncc5)nc(-c5cccc(-c6ccccc6)c5)n4)cc3)c2-c2c1ccc1ccccc21. The molecule has 18 rings (SSSR count). The fourth-order valence-corrected chi connectivity index (χ4v) is 15.0. The molecule has 0 aliphatic heterocycles. The topological polar surface area (TPSA) is 77.3 Å². The molecule has 0 saturated heterocycles. The van der Waals surface area contributed by atoms with Crippen LogP contribution in [0.3, 0.4) is 0 Å². The van der Waals surface area contributed by atoms with Crippen LogP contribution in [-0.2, 0) is 10.8 Å². The molecule has 2 aliphatic rings. The predicted octanol–water partition coefficient (Wildman–Crippen LogP) is 23.3. The lowest BCUT2D eigenvalue weighted by atomic mass is 9.80. The van der Waals surface area contributed by atoms with Crippen LogP contribution in [0.1, 0.15) is 49.9 Å². The number of benzene rings is 12. The number of aromatic nitrogens is 6. The van der Waals surface area contributed by atoms with Crippen LogP contribution in [0.25, 0.3) is 156 Å². The van der Waals surface area contributed by atoms with E-state index in [9.17, 15) is 0 Å². The largest absolute Gasteiger partial charge is 0.265 e. The van der Waals surface area contributed by atoms with Gasteiger partial charge in [0.2, 0.25) is 0 Å². The van der Waals surface area contributed by atoms with Gasteiger partial charge in [0.05, 0.1) is 22.8 Å². The molecule has 4 aromatic heterocycles. The predicted molar refractivity (Wildman–Crippen MR) is 404 cm³/mol. The average Bonchev–Trinajstić information content (AvgIpc) is 1.56. The van der Waals surface area contributed by atoms with E-state index in [0.717, 1.165) is 78.4 Å².